The average Bonchev–Trinajstić information content (AvgIpc) is 3.02. The zero-order chi connectivity index (χ0) is 17.6. The smallest absolute Gasteiger partial charge is 0.224 e. The molecule has 0 spiro atoms. The van der Waals surface area contributed by atoms with Gasteiger partial charge in [0.1, 0.15) is 5.75 Å². The van der Waals surface area contributed by atoms with Gasteiger partial charge in [-0.2, -0.15) is 0 Å². The maximum atomic E-state index is 12.2. The van der Waals surface area contributed by atoms with Crippen molar-refractivity contribution in [3.63, 3.8) is 0 Å². The van der Waals surface area contributed by atoms with Crippen LogP contribution in [0.4, 0.5) is 5.69 Å². The molecule has 0 saturated carbocycles. The number of nitrogens with zero attached hydrogens (tertiary/aromatic N) is 1. The Hall–Kier alpha value is -2.40. The van der Waals surface area contributed by atoms with Crippen molar-refractivity contribution in [3.8, 4) is 5.75 Å². The van der Waals surface area contributed by atoms with Crippen molar-refractivity contribution >= 4 is 33.1 Å². The van der Waals surface area contributed by atoms with Crippen LogP contribution in [0.2, 0.25) is 0 Å². The van der Waals surface area contributed by atoms with E-state index in [1.807, 2.05) is 43.3 Å². The first-order valence-electron chi connectivity index (χ1n) is 8.44. The molecule has 25 heavy (non-hydrogen) atoms. The van der Waals surface area contributed by atoms with Gasteiger partial charge in [-0.25, -0.2) is 4.98 Å². The lowest BCUT2D eigenvalue weighted by Crippen LogP contribution is -2.12. The Bertz CT molecular complexity index is 840. The standard InChI is InChI=1S/C20H22N2O2S/c1-14-11-12-17(24-2)16(13-14)21-19(23)9-5-6-10-20-22-15-7-3-4-8-18(15)25-20/h3-4,7-8,11-13H,5-6,9-10H2,1-2H3,(H,21,23). The van der Waals surface area contributed by atoms with E-state index in [0.717, 1.165) is 41.0 Å². The number of hydrogen-bond acceptors (Lipinski definition) is 4. The number of anilines is 1. The first-order valence-corrected chi connectivity index (χ1v) is 9.26. The SMILES string of the molecule is COc1ccc(C)cc1NC(=O)CCCCc1nc2ccccc2s1. The van der Waals surface area contributed by atoms with Crippen molar-refractivity contribution in [1.29, 1.82) is 0 Å². The van der Waals surface area contributed by atoms with Gasteiger partial charge in [-0.3, -0.25) is 4.79 Å². The average molecular weight is 354 g/mol. The summed E-state index contributed by atoms with van der Waals surface area (Å²) in [4.78, 5) is 16.8. The van der Waals surface area contributed by atoms with Crippen molar-refractivity contribution in [3.05, 3.63) is 53.0 Å². The lowest BCUT2D eigenvalue weighted by molar-refractivity contribution is -0.116. The Kier molecular flexibility index (Phi) is 5.66. The van der Waals surface area contributed by atoms with Gasteiger partial charge in [0.05, 0.1) is 28.0 Å². The van der Waals surface area contributed by atoms with Crippen LogP contribution in [-0.2, 0) is 11.2 Å². The topological polar surface area (TPSA) is 51.2 Å². The molecule has 130 valence electrons. The maximum Gasteiger partial charge on any atom is 0.224 e. The molecule has 5 heteroatoms. The second-order valence-corrected chi connectivity index (χ2v) is 7.15. The zero-order valence-electron chi connectivity index (χ0n) is 14.5. The summed E-state index contributed by atoms with van der Waals surface area (Å²) in [6.45, 7) is 1.99. The highest BCUT2D eigenvalue weighted by Gasteiger charge is 2.08. The maximum absolute atomic E-state index is 12.2. The molecular weight excluding hydrogens is 332 g/mol. The van der Waals surface area contributed by atoms with Gasteiger partial charge in [0.25, 0.3) is 0 Å². The van der Waals surface area contributed by atoms with Gasteiger partial charge in [0.15, 0.2) is 0 Å². The molecule has 0 fully saturated rings. The number of thiazole rings is 1. The van der Waals surface area contributed by atoms with Crippen molar-refractivity contribution in [2.75, 3.05) is 12.4 Å². The van der Waals surface area contributed by atoms with E-state index in [4.69, 9.17) is 4.74 Å². The van der Waals surface area contributed by atoms with E-state index in [1.165, 1.54) is 4.70 Å². The van der Waals surface area contributed by atoms with Crippen LogP contribution in [0.15, 0.2) is 42.5 Å². The minimum Gasteiger partial charge on any atom is -0.495 e. The largest absolute Gasteiger partial charge is 0.495 e. The normalized spacial score (nSPS) is 10.8. The van der Waals surface area contributed by atoms with Crippen molar-refractivity contribution in [2.24, 2.45) is 0 Å². The van der Waals surface area contributed by atoms with Crippen LogP contribution in [0, 0.1) is 6.92 Å². The minimum absolute atomic E-state index is 0.0215. The number of aromatic nitrogens is 1. The predicted octanol–water partition coefficient (Wildman–Crippen LogP) is 4.96. The van der Waals surface area contributed by atoms with Crippen molar-refractivity contribution < 1.29 is 9.53 Å². The third-order valence-electron chi connectivity index (χ3n) is 4.01. The molecule has 0 aliphatic carbocycles. The zero-order valence-corrected chi connectivity index (χ0v) is 15.4. The molecule has 0 unspecified atom stereocenters. The Morgan fingerprint density at radius 2 is 2.04 bits per heavy atom. The summed E-state index contributed by atoms with van der Waals surface area (Å²) in [5.74, 6) is 0.710. The van der Waals surface area contributed by atoms with Crippen LogP contribution in [0.5, 0.6) is 5.75 Å². The van der Waals surface area contributed by atoms with Gasteiger partial charge in [-0.05, 0) is 56.0 Å². The van der Waals surface area contributed by atoms with Gasteiger partial charge < -0.3 is 10.1 Å². The van der Waals surface area contributed by atoms with Gasteiger partial charge in [-0.1, -0.05) is 18.2 Å². The number of methoxy groups -OCH3 is 1. The number of nitrogens with one attached hydrogen (secondary N) is 1. The molecule has 1 amide bonds. The molecule has 1 aromatic heterocycles. The third-order valence-corrected chi connectivity index (χ3v) is 5.11. The van der Waals surface area contributed by atoms with Crippen LogP contribution >= 0.6 is 11.3 Å². The number of ether oxygens (including phenoxy) is 1. The number of carbonyl (C=O) groups excluding carboxylic acids is 1. The second-order valence-electron chi connectivity index (χ2n) is 6.03. The number of unbranched alkanes of at least 4 members (excludes halogenated alkanes) is 1. The van der Waals surface area contributed by atoms with Gasteiger partial charge in [0, 0.05) is 6.42 Å². The summed E-state index contributed by atoms with van der Waals surface area (Å²) in [6, 6.07) is 13.9. The fraction of sp³-hybridized carbons (Fsp3) is 0.300. The summed E-state index contributed by atoms with van der Waals surface area (Å²) < 4.78 is 6.52. The quantitative estimate of drug-likeness (QED) is 0.610. The summed E-state index contributed by atoms with van der Waals surface area (Å²) in [5.41, 5.74) is 2.89. The van der Waals surface area contributed by atoms with E-state index < -0.39 is 0 Å². The summed E-state index contributed by atoms with van der Waals surface area (Å²) in [7, 11) is 1.61. The van der Waals surface area contributed by atoms with Crippen LogP contribution in [0.3, 0.4) is 0 Å². The highest BCUT2D eigenvalue weighted by atomic mass is 32.1. The van der Waals surface area contributed by atoms with E-state index >= 15 is 0 Å². The second kappa shape index (κ2) is 8.12. The van der Waals surface area contributed by atoms with Gasteiger partial charge >= 0.3 is 0 Å². The highest BCUT2D eigenvalue weighted by molar-refractivity contribution is 7.18. The van der Waals surface area contributed by atoms with Crippen molar-refractivity contribution in [1.82, 2.24) is 4.98 Å². The third kappa shape index (κ3) is 4.57. The molecule has 3 rings (SSSR count). The van der Waals surface area contributed by atoms with Gasteiger partial charge in [-0.15, -0.1) is 11.3 Å². The minimum atomic E-state index is 0.0215. The van der Waals surface area contributed by atoms with E-state index in [0.29, 0.717) is 12.2 Å². The number of aryl methyl sites for hydroxylation is 2. The number of fused-ring (bicyclic) bond motifs is 1. The van der Waals surface area contributed by atoms with E-state index in [2.05, 4.69) is 16.4 Å². The number of benzene rings is 2. The van der Waals surface area contributed by atoms with Crippen LogP contribution in [0.25, 0.3) is 10.2 Å². The van der Waals surface area contributed by atoms with E-state index in [-0.39, 0.29) is 5.91 Å². The molecule has 0 atom stereocenters. The summed E-state index contributed by atoms with van der Waals surface area (Å²) in [5, 5.41) is 4.09. The van der Waals surface area contributed by atoms with E-state index in [9.17, 15) is 4.79 Å². The lowest BCUT2D eigenvalue weighted by Gasteiger charge is -2.10. The molecule has 0 aliphatic heterocycles. The summed E-state index contributed by atoms with van der Waals surface area (Å²) >= 11 is 1.74. The fourth-order valence-electron chi connectivity index (χ4n) is 2.72. The molecule has 2 aromatic carbocycles. The Morgan fingerprint density at radius 3 is 2.84 bits per heavy atom. The van der Waals surface area contributed by atoms with Crippen molar-refractivity contribution in [2.45, 2.75) is 32.6 Å². The number of hydrogen-bond donors (Lipinski definition) is 1. The lowest BCUT2D eigenvalue weighted by atomic mass is 10.1. The molecular formula is C20H22N2O2S. The number of carbonyl (C=O) groups is 1. The molecule has 0 aliphatic rings. The molecule has 3 aromatic rings. The van der Waals surface area contributed by atoms with Gasteiger partial charge in [0.2, 0.25) is 5.91 Å². The first-order chi connectivity index (χ1) is 12.2. The monoisotopic (exact) mass is 354 g/mol. The Labute approximate surface area is 151 Å². The molecule has 0 saturated heterocycles. The molecule has 1 N–H and O–H groups in total. The van der Waals surface area contributed by atoms with Crippen LogP contribution < -0.4 is 10.1 Å². The molecule has 0 bridgehead atoms. The predicted molar refractivity (Wildman–Crippen MR) is 104 cm³/mol. The fourth-order valence-corrected chi connectivity index (χ4v) is 3.73. The highest BCUT2D eigenvalue weighted by Crippen LogP contribution is 2.26. The molecule has 1 heterocycles. The Balaban J connectivity index is 1.47. The summed E-state index contributed by atoms with van der Waals surface area (Å²) in [6.07, 6.45) is 3.22. The van der Waals surface area contributed by atoms with Crippen LogP contribution in [-0.4, -0.2) is 18.0 Å². The molecule has 4 nitrogen and oxygen atoms in total. The number of rotatable bonds is 7. The number of amides is 1. The first kappa shape index (κ1) is 17.4. The molecule has 0 radical (unpaired) electrons. The number of para-hydroxylation sites is 1. The van der Waals surface area contributed by atoms with E-state index in [1.54, 1.807) is 18.4 Å². The van der Waals surface area contributed by atoms with Crippen LogP contribution in [0.1, 0.15) is 29.8 Å². The Morgan fingerprint density at radius 1 is 1.20 bits per heavy atom.